The zero-order valence-corrected chi connectivity index (χ0v) is 19.1. The number of H-pyrrole nitrogens is 1. The van der Waals surface area contributed by atoms with Gasteiger partial charge in [0.25, 0.3) is 0 Å². The summed E-state index contributed by atoms with van der Waals surface area (Å²) in [7, 11) is 0. The highest BCUT2D eigenvalue weighted by atomic mass is 32.1. The van der Waals surface area contributed by atoms with E-state index in [2.05, 4.69) is 69.9 Å². The first-order valence-electron chi connectivity index (χ1n) is 10.4. The molecule has 2 aromatic heterocycles. The number of hydrogen-bond donors (Lipinski definition) is 2. The fraction of sp³-hybridized carbons (Fsp3) is 0.360. The predicted molar refractivity (Wildman–Crippen MR) is 127 cm³/mol. The average molecular weight is 406 g/mol. The third kappa shape index (κ3) is 4.43. The van der Waals surface area contributed by atoms with Gasteiger partial charge in [-0.2, -0.15) is 0 Å². The van der Waals surface area contributed by atoms with Crippen molar-refractivity contribution in [3.63, 3.8) is 0 Å². The van der Waals surface area contributed by atoms with Crippen molar-refractivity contribution < 1.29 is 0 Å². The molecule has 0 bridgehead atoms. The number of aryl methyl sites for hydroxylation is 3. The number of nitrogens with zero attached hydrogens (tertiary/aromatic N) is 1. The summed E-state index contributed by atoms with van der Waals surface area (Å²) in [5.74, 6) is 1.31. The second-order valence-corrected chi connectivity index (χ2v) is 8.85. The van der Waals surface area contributed by atoms with Gasteiger partial charge in [-0.25, -0.2) is 4.98 Å². The van der Waals surface area contributed by atoms with E-state index in [4.69, 9.17) is 10.4 Å². The molecule has 0 aliphatic heterocycles. The number of rotatable bonds is 7. The van der Waals surface area contributed by atoms with Crippen molar-refractivity contribution >= 4 is 22.6 Å². The molecule has 0 radical (unpaired) electrons. The van der Waals surface area contributed by atoms with Crippen LogP contribution in [0.3, 0.4) is 0 Å². The number of thiophene rings is 1. The molecule has 3 aromatic rings. The molecule has 2 heterocycles. The SMILES string of the molecule is CCC(CC)/C(=C/C(C)=N)c1nc(-c2sc(-c3ccccc3C)cc2C)c(C)[nH]1. The van der Waals surface area contributed by atoms with Gasteiger partial charge >= 0.3 is 0 Å². The highest BCUT2D eigenvalue weighted by Gasteiger charge is 2.20. The summed E-state index contributed by atoms with van der Waals surface area (Å²) in [6.45, 7) is 12.7. The minimum atomic E-state index is 0.403. The van der Waals surface area contributed by atoms with Crippen molar-refractivity contribution in [2.45, 2.75) is 54.4 Å². The molecule has 29 heavy (non-hydrogen) atoms. The van der Waals surface area contributed by atoms with Crippen molar-refractivity contribution in [3.05, 3.63) is 59.1 Å². The fourth-order valence-electron chi connectivity index (χ4n) is 3.86. The van der Waals surface area contributed by atoms with E-state index >= 15 is 0 Å². The number of benzene rings is 1. The molecule has 0 unspecified atom stereocenters. The van der Waals surface area contributed by atoms with Gasteiger partial charge in [-0.05, 0) is 80.9 Å². The van der Waals surface area contributed by atoms with Crippen LogP contribution in [0, 0.1) is 32.1 Å². The molecular formula is C25H31N3S. The van der Waals surface area contributed by atoms with E-state index in [1.54, 1.807) is 0 Å². The van der Waals surface area contributed by atoms with Crippen LogP contribution in [0.4, 0.5) is 0 Å². The standard InChI is InChI=1S/C25H31N3S/c1-7-19(8-2)21(14-17(5)26)25-27-18(6)23(28-25)24-16(4)13-22(29-24)20-12-10-9-11-15(20)3/h9-14,19,26H,7-8H2,1-6H3,(H,27,28)/b21-14-,26-17?. The maximum absolute atomic E-state index is 7.98. The Bertz CT molecular complexity index is 1050. The Kier molecular flexibility index (Phi) is 6.53. The summed E-state index contributed by atoms with van der Waals surface area (Å²) in [6, 6.07) is 10.8. The van der Waals surface area contributed by atoms with Gasteiger partial charge < -0.3 is 10.4 Å². The molecule has 3 nitrogen and oxygen atoms in total. The second-order valence-electron chi connectivity index (χ2n) is 7.79. The van der Waals surface area contributed by atoms with Crippen LogP contribution in [0.25, 0.3) is 26.6 Å². The van der Waals surface area contributed by atoms with Crippen LogP contribution in [-0.2, 0) is 0 Å². The molecule has 2 N–H and O–H groups in total. The zero-order chi connectivity index (χ0) is 21.1. The van der Waals surface area contributed by atoms with Gasteiger partial charge in [0, 0.05) is 16.3 Å². The lowest BCUT2D eigenvalue weighted by atomic mass is 9.92. The zero-order valence-electron chi connectivity index (χ0n) is 18.3. The minimum absolute atomic E-state index is 0.403. The average Bonchev–Trinajstić information content (AvgIpc) is 3.24. The van der Waals surface area contributed by atoms with Crippen molar-refractivity contribution in [2.24, 2.45) is 5.92 Å². The molecule has 0 aliphatic rings. The lowest BCUT2D eigenvalue weighted by molar-refractivity contribution is 0.620. The van der Waals surface area contributed by atoms with E-state index in [1.165, 1.54) is 26.4 Å². The van der Waals surface area contributed by atoms with Gasteiger partial charge in [0.1, 0.15) is 11.5 Å². The Morgan fingerprint density at radius 3 is 2.45 bits per heavy atom. The monoisotopic (exact) mass is 405 g/mol. The van der Waals surface area contributed by atoms with Gasteiger partial charge in [0.05, 0.1) is 4.88 Å². The number of aromatic amines is 1. The van der Waals surface area contributed by atoms with Crippen LogP contribution in [0.2, 0.25) is 0 Å². The lowest BCUT2D eigenvalue weighted by Gasteiger charge is -2.15. The molecule has 4 heteroatoms. The third-order valence-electron chi connectivity index (χ3n) is 5.50. The summed E-state index contributed by atoms with van der Waals surface area (Å²) in [4.78, 5) is 11.1. The molecule has 1 aromatic carbocycles. The maximum Gasteiger partial charge on any atom is 0.134 e. The summed E-state index contributed by atoms with van der Waals surface area (Å²) in [6.07, 6.45) is 4.06. The van der Waals surface area contributed by atoms with E-state index in [0.29, 0.717) is 11.6 Å². The normalized spacial score (nSPS) is 12.0. The van der Waals surface area contributed by atoms with Crippen LogP contribution in [0.15, 0.2) is 36.4 Å². The smallest absolute Gasteiger partial charge is 0.134 e. The molecule has 152 valence electrons. The lowest BCUT2D eigenvalue weighted by Crippen LogP contribution is -2.04. The summed E-state index contributed by atoms with van der Waals surface area (Å²) < 4.78 is 0. The number of nitrogens with one attached hydrogen (secondary N) is 2. The molecule has 0 fully saturated rings. The fourth-order valence-corrected chi connectivity index (χ4v) is 5.17. The molecular weight excluding hydrogens is 374 g/mol. The number of allylic oxidation sites excluding steroid dienone is 2. The van der Waals surface area contributed by atoms with E-state index in [0.717, 1.165) is 35.6 Å². The van der Waals surface area contributed by atoms with Crippen molar-refractivity contribution in [2.75, 3.05) is 0 Å². The highest BCUT2D eigenvalue weighted by molar-refractivity contribution is 7.19. The summed E-state index contributed by atoms with van der Waals surface area (Å²) in [5, 5.41) is 7.98. The molecule has 0 saturated heterocycles. The van der Waals surface area contributed by atoms with Crippen LogP contribution >= 0.6 is 11.3 Å². The van der Waals surface area contributed by atoms with Crippen molar-refractivity contribution in [3.8, 4) is 21.0 Å². The van der Waals surface area contributed by atoms with Gasteiger partial charge in [0.2, 0.25) is 0 Å². The largest absolute Gasteiger partial charge is 0.342 e. The molecule has 0 amide bonds. The van der Waals surface area contributed by atoms with Crippen LogP contribution in [0.5, 0.6) is 0 Å². The number of imidazole rings is 1. The highest BCUT2D eigenvalue weighted by Crippen LogP contribution is 2.40. The number of hydrogen-bond acceptors (Lipinski definition) is 3. The van der Waals surface area contributed by atoms with E-state index in [9.17, 15) is 0 Å². The quantitative estimate of drug-likeness (QED) is 0.391. The molecule has 0 aliphatic carbocycles. The summed E-state index contributed by atoms with van der Waals surface area (Å²) in [5.41, 5.74) is 7.66. The third-order valence-corrected chi connectivity index (χ3v) is 6.78. The Labute approximate surface area is 178 Å². The molecule has 0 saturated carbocycles. The van der Waals surface area contributed by atoms with E-state index < -0.39 is 0 Å². The van der Waals surface area contributed by atoms with Gasteiger partial charge in [0.15, 0.2) is 0 Å². The van der Waals surface area contributed by atoms with Crippen molar-refractivity contribution in [1.82, 2.24) is 9.97 Å². The first-order chi connectivity index (χ1) is 13.8. The summed E-state index contributed by atoms with van der Waals surface area (Å²) >= 11 is 1.81. The van der Waals surface area contributed by atoms with Gasteiger partial charge in [-0.1, -0.05) is 38.1 Å². The van der Waals surface area contributed by atoms with E-state index in [1.807, 2.05) is 24.3 Å². The Morgan fingerprint density at radius 2 is 1.83 bits per heavy atom. The Balaban J connectivity index is 2.07. The van der Waals surface area contributed by atoms with Crippen molar-refractivity contribution in [1.29, 1.82) is 5.41 Å². The first kappa shape index (κ1) is 21.3. The topological polar surface area (TPSA) is 52.5 Å². The predicted octanol–water partition coefficient (Wildman–Crippen LogP) is 7.59. The first-order valence-corrected chi connectivity index (χ1v) is 11.2. The molecule has 3 rings (SSSR count). The second kappa shape index (κ2) is 8.91. The van der Waals surface area contributed by atoms with Crippen LogP contribution in [-0.4, -0.2) is 15.7 Å². The van der Waals surface area contributed by atoms with Gasteiger partial charge in [-0.3, -0.25) is 0 Å². The van der Waals surface area contributed by atoms with Gasteiger partial charge in [-0.15, -0.1) is 11.3 Å². The molecule has 0 spiro atoms. The molecule has 0 atom stereocenters. The van der Waals surface area contributed by atoms with Crippen LogP contribution in [0.1, 0.15) is 56.3 Å². The Hall–Kier alpha value is -2.46. The van der Waals surface area contributed by atoms with Crippen LogP contribution < -0.4 is 0 Å². The Morgan fingerprint density at radius 1 is 1.14 bits per heavy atom. The van der Waals surface area contributed by atoms with E-state index in [-0.39, 0.29) is 0 Å². The maximum atomic E-state index is 7.98. The minimum Gasteiger partial charge on any atom is -0.342 e. The number of aromatic nitrogens is 2.